The molecular formula is C23H29ClN4O2. The van der Waals surface area contributed by atoms with Gasteiger partial charge in [0.05, 0.1) is 7.11 Å². The van der Waals surface area contributed by atoms with Crippen molar-refractivity contribution in [1.82, 2.24) is 10.2 Å². The predicted octanol–water partition coefficient (Wildman–Crippen LogP) is 4.05. The summed E-state index contributed by atoms with van der Waals surface area (Å²) >= 11 is 6.11. The van der Waals surface area contributed by atoms with Gasteiger partial charge >= 0.3 is 0 Å². The molecule has 2 N–H and O–H groups in total. The molecule has 0 bridgehead atoms. The number of ether oxygens (including phenoxy) is 1. The van der Waals surface area contributed by atoms with Gasteiger partial charge in [0, 0.05) is 49.7 Å². The van der Waals surface area contributed by atoms with Crippen LogP contribution >= 0.6 is 11.6 Å². The molecule has 0 aliphatic carbocycles. The number of nitrogens with one attached hydrogen (secondary N) is 2. The molecule has 7 heteroatoms. The minimum atomic E-state index is -0.0548. The molecule has 30 heavy (non-hydrogen) atoms. The Balaban J connectivity index is 1.47. The van der Waals surface area contributed by atoms with E-state index in [0.29, 0.717) is 23.9 Å². The molecule has 2 aromatic carbocycles. The molecule has 0 radical (unpaired) electrons. The van der Waals surface area contributed by atoms with E-state index in [9.17, 15) is 4.79 Å². The van der Waals surface area contributed by atoms with Crippen LogP contribution in [0.25, 0.3) is 0 Å². The van der Waals surface area contributed by atoms with Crippen molar-refractivity contribution in [2.24, 2.45) is 4.99 Å². The van der Waals surface area contributed by atoms with Crippen molar-refractivity contribution in [3.8, 4) is 5.75 Å². The van der Waals surface area contributed by atoms with Gasteiger partial charge in [0.2, 0.25) is 5.91 Å². The van der Waals surface area contributed by atoms with E-state index in [1.54, 1.807) is 14.2 Å². The second-order valence-corrected chi connectivity index (χ2v) is 7.80. The van der Waals surface area contributed by atoms with Crippen LogP contribution in [0.5, 0.6) is 5.75 Å². The van der Waals surface area contributed by atoms with Crippen LogP contribution in [0, 0.1) is 6.92 Å². The number of carbonyl (C=O) groups is 1. The van der Waals surface area contributed by atoms with Gasteiger partial charge in [0.15, 0.2) is 5.96 Å². The highest BCUT2D eigenvalue weighted by Crippen LogP contribution is 2.28. The first kappa shape index (κ1) is 22.0. The number of carbonyl (C=O) groups excluding carboxylic acids is 1. The molecule has 0 saturated carbocycles. The molecule has 1 amide bonds. The highest BCUT2D eigenvalue weighted by Gasteiger charge is 2.26. The number of methoxy groups -OCH3 is 1. The predicted molar refractivity (Wildman–Crippen MR) is 123 cm³/mol. The Hall–Kier alpha value is -2.73. The maximum absolute atomic E-state index is 12.3. The smallest absolute Gasteiger partial charge is 0.226 e. The summed E-state index contributed by atoms with van der Waals surface area (Å²) in [5, 5.41) is 6.88. The summed E-state index contributed by atoms with van der Waals surface area (Å²) in [5.41, 5.74) is 2.93. The normalized spacial score (nSPS) is 16.5. The number of likely N-dealkylation sites (tertiary alicyclic amines) is 1. The van der Waals surface area contributed by atoms with Crippen LogP contribution < -0.4 is 15.4 Å². The van der Waals surface area contributed by atoms with Gasteiger partial charge in [-0.1, -0.05) is 29.8 Å². The van der Waals surface area contributed by atoms with Gasteiger partial charge in [0.1, 0.15) is 5.75 Å². The third kappa shape index (κ3) is 5.45. The Morgan fingerprint density at radius 2 is 2.03 bits per heavy atom. The number of anilines is 1. The Bertz CT molecular complexity index is 899. The third-order valence-electron chi connectivity index (χ3n) is 5.46. The molecule has 6 nitrogen and oxygen atoms in total. The molecule has 1 fully saturated rings. The summed E-state index contributed by atoms with van der Waals surface area (Å²) in [6.45, 7) is 4.25. The average molecular weight is 429 g/mol. The second kappa shape index (κ2) is 10.3. The molecule has 3 rings (SSSR count). The van der Waals surface area contributed by atoms with Crippen molar-refractivity contribution in [3.63, 3.8) is 0 Å². The van der Waals surface area contributed by atoms with Crippen molar-refractivity contribution in [2.75, 3.05) is 39.1 Å². The summed E-state index contributed by atoms with van der Waals surface area (Å²) < 4.78 is 5.24. The van der Waals surface area contributed by atoms with E-state index >= 15 is 0 Å². The standard InChI is InChI=1S/C23H29ClN4O2/c1-16-20(24)5-4-6-21(16)27-22(29)11-13-26-23(25-2)28-14-12-18(15-28)17-7-9-19(30-3)10-8-17/h4-10,18H,11-15H2,1-3H3,(H,25,26)(H,27,29). The van der Waals surface area contributed by atoms with Crippen molar-refractivity contribution in [3.05, 3.63) is 58.6 Å². The molecule has 1 aliphatic heterocycles. The fourth-order valence-electron chi connectivity index (χ4n) is 3.68. The minimum absolute atomic E-state index is 0.0548. The summed E-state index contributed by atoms with van der Waals surface area (Å²) in [4.78, 5) is 18.9. The highest BCUT2D eigenvalue weighted by molar-refractivity contribution is 6.31. The van der Waals surface area contributed by atoms with Gasteiger partial charge in [-0.25, -0.2) is 0 Å². The average Bonchev–Trinajstić information content (AvgIpc) is 3.24. The van der Waals surface area contributed by atoms with Crippen molar-refractivity contribution in [1.29, 1.82) is 0 Å². The van der Waals surface area contributed by atoms with Crippen LogP contribution in [0.4, 0.5) is 5.69 Å². The first-order chi connectivity index (χ1) is 14.5. The molecule has 0 aromatic heterocycles. The zero-order valence-electron chi connectivity index (χ0n) is 17.7. The molecule has 160 valence electrons. The van der Waals surface area contributed by atoms with E-state index in [-0.39, 0.29) is 5.91 Å². The molecule has 0 spiro atoms. The van der Waals surface area contributed by atoms with Crippen LogP contribution in [0.2, 0.25) is 5.02 Å². The van der Waals surface area contributed by atoms with Gasteiger partial charge in [-0.2, -0.15) is 0 Å². The number of rotatable bonds is 6. The van der Waals surface area contributed by atoms with Gasteiger partial charge in [-0.05, 0) is 48.7 Å². The van der Waals surface area contributed by atoms with E-state index in [1.165, 1.54) is 5.56 Å². The molecule has 2 aromatic rings. The largest absolute Gasteiger partial charge is 0.497 e. The zero-order chi connectivity index (χ0) is 21.5. The minimum Gasteiger partial charge on any atom is -0.497 e. The molecule has 1 aliphatic rings. The second-order valence-electron chi connectivity index (χ2n) is 7.39. The number of amides is 1. The number of guanidine groups is 1. The molecule has 1 saturated heterocycles. The number of hydrogen-bond acceptors (Lipinski definition) is 3. The first-order valence-electron chi connectivity index (χ1n) is 10.2. The Morgan fingerprint density at radius 1 is 1.27 bits per heavy atom. The van der Waals surface area contributed by atoms with Gasteiger partial charge in [-0.3, -0.25) is 9.79 Å². The van der Waals surface area contributed by atoms with Crippen LogP contribution in [-0.4, -0.2) is 50.6 Å². The summed E-state index contributed by atoms with van der Waals surface area (Å²) in [6.07, 6.45) is 1.42. The van der Waals surface area contributed by atoms with Crippen LogP contribution in [0.1, 0.15) is 29.9 Å². The lowest BCUT2D eigenvalue weighted by Crippen LogP contribution is -2.41. The number of halogens is 1. The molecule has 1 unspecified atom stereocenters. The lowest BCUT2D eigenvalue weighted by Gasteiger charge is -2.22. The number of nitrogens with zero attached hydrogens (tertiary/aromatic N) is 2. The Kier molecular flexibility index (Phi) is 7.57. The summed E-state index contributed by atoms with van der Waals surface area (Å²) in [7, 11) is 3.46. The van der Waals surface area contributed by atoms with Gasteiger partial charge in [0.25, 0.3) is 0 Å². The van der Waals surface area contributed by atoms with Crippen LogP contribution in [0.3, 0.4) is 0 Å². The third-order valence-corrected chi connectivity index (χ3v) is 5.87. The maximum atomic E-state index is 12.3. The Morgan fingerprint density at radius 3 is 2.73 bits per heavy atom. The van der Waals surface area contributed by atoms with Gasteiger partial charge in [-0.15, -0.1) is 0 Å². The van der Waals surface area contributed by atoms with Gasteiger partial charge < -0.3 is 20.3 Å². The quantitative estimate of drug-likeness (QED) is 0.538. The van der Waals surface area contributed by atoms with Crippen molar-refractivity contribution < 1.29 is 9.53 Å². The Labute approximate surface area is 183 Å². The van der Waals surface area contributed by atoms with Crippen LogP contribution in [0.15, 0.2) is 47.5 Å². The van der Waals surface area contributed by atoms with E-state index in [0.717, 1.165) is 42.5 Å². The van der Waals surface area contributed by atoms with E-state index < -0.39 is 0 Å². The van der Waals surface area contributed by atoms with Crippen LogP contribution in [-0.2, 0) is 4.79 Å². The maximum Gasteiger partial charge on any atom is 0.226 e. The summed E-state index contributed by atoms with van der Waals surface area (Å²) in [6, 6.07) is 13.8. The van der Waals surface area contributed by atoms with Crippen molar-refractivity contribution >= 4 is 29.2 Å². The van der Waals surface area contributed by atoms with E-state index in [4.69, 9.17) is 16.3 Å². The highest BCUT2D eigenvalue weighted by atomic mass is 35.5. The van der Waals surface area contributed by atoms with E-state index in [1.807, 2.05) is 37.3 Å². The number of aliphatic imine (C=N–C) groups is 1. The molecule has 1 atom stereocenters. The van der Waals surface area contributed by atoms with Crippen molar-refractivity contribution in [2.45, 2.75) is 25.7 Å². The number of benzene rings is 2. The fraction of sp³-hybridized carbons (Fsp3) is 0.391. The van der Waals surface area contributed by atoms with E-state index in [2.05, 4.69) is 32.7 Å². The first-order valence-corrected chi connectivity index (χ1v) is 10.5. The monoisotopic (exact) mass is 428 g/mol. The lowest BCUT2D eigenvalue weighted by atomic mass is 9.98. The fourth-order valence-corrected chi connectivity index (χ4v) is 3.85. The molecule has 1 heterocycles. The topological polar surface area (TPSA) is 66.0 Å². The SMILES string of the molecule is CN=C(NCCC(=O)Nc1cccc(Cl)c1C)N1CCC(c2ccc(OC)cc2)C1. The lowest BCUT2D eigenvalue weighted by molar-refractivity contribution is -0.116. The summed E-state index contributed by atoms with van der Waals surface area (Å²) in [5.74, 6) is 2.11. The number of hydrogen-bond donors (Lipinski definition) is 2. The molecular weight excluding hydrogens is 400 g/mol. The zero-order valence-corrected chi connectivity index (χ0v) is 18.5.